The van der Waals surface area contributed by atoms with Gasteiger partial charge in [0.25, 0.3) is 0 Å². The summed E-state index contributed by atoms with van der Waals surface area (Å²) in [5, 5.41) is 15.6. The first-order valence-electron chi connectivity index (χ1n) is 7.30. The quantitative estimate of drug-likeness (QED) is 0.714. The van der Waals surface area contributed by atoms with E-state index in [0.717, 1.165) is 32.2 Å². The predicted molar refractivity (Wildman–Crippen MR) is 71.7 cm³/mol. The average Bonchev–Trinajstić information content (AvgIpc) is 2.83. The van der Waals surface area contributed by atoms with E-state index in [9.17, 15) is 14.7 Å². The minimum atomic E-state index is -0.759. The maximum atomic E-state index is 12.1. The smallest absolute Gasteiger partial charge is 0.311 e. The summed E-state index contributed by atoms with van der Waals surface area (Å²) < 4.78 is 0. The predicted octanol–water partition coefficient (Wildman–Crippen LogP) is 1.14. The largest absolute Gasteiger partial charge is 0.481 e. The number of rotatable bonds is 4. The average molecular weight is 268 g/mol. The lowest BCUT2D eigenvalue weighted by atomic mass is 9.74. The van der Waals surface area contributed by atoms with E-state index >= 15 is 0 Å². The lowest BCUT2D eigenvalue weighted by Gasteiger charge is -2.33. The third-order valence-corrected chi connectivity index (χ3v) is 4.73. The molecule has 108 valence electrons. The van der Waals surface area contributed by atoms with Crippen molar-refractivity contribution in [2.45, 2.75) is 51.5 Å². The number of carboxylic acid groups (broad SMARTS) is 1. The number of carbonyl (C=O) groups is 2. The number of aliphatic carboxylic acids is 1. The highest BCUT2D eigenvalue weighted by Gasteiger charge is 2.40. The van der Waals surface area contributed by atoms with Crippen LogP contribution in [0, 0.1) is 11.3 Å². The zero-order valence-corrected chi connectivity index (χ0v) is 11.6. The van der Waals surface area contributed by atoms with Gasteiger partial charge in [-0.3, -0.25) is 9.59 Å². The van der Waals surface area contributed by atoms with Gasteiger partial charge in [0.15, 0.2) is 0 Å². The maximum Gasteiger partial charge on any atom is 0.311 e. The van der Waals surface area contributed by atoms with Crippen LogP contribution in [0.4, 0.5) is 0 Å². The Morgan fingerprint density at radius 2 is 2.00 bits per heavy atom. The lowest BCUT2D eigenvalue weighted by molar-refractivity contribution is -0.151. The van der Waals surface area contributed by atoms with Gasteiger partial charge in [-0.05, 0) is 32.7 Å². The molecule has 1 aliphatic carbocycles. The van der Waals surface area contributed by atoms with Gasteiger partial charge in [-0.15, -0.1) is 0 Å². The molecule has 1 saturated carbocycles. The molecule has 0 aromatic rings. The van der Waals surface area contributed by atoms with E-state index in [4.69, 9.17) is 0 Å². The molecule has 0 spiro atoms. The lowest BCUT2D eigenvalue weighted by Crippen LogP contribution is -2.47. The standard InChI is InChI=1S/C14H24N2O3/c1-10-11(5-8-15-10)12(17)16-9-14(13(18)19)6-3-2-4-7-14/h10-11,15H,2-9H2,1H3,(H,16,17)(H,18,19). The number of carbonyl (C=O) groups excluding carboxylic acids is 1. The van der Waals surface area contributed by atoms with Crippen molar-refractivity contribution in [3.8, 4) is 0 Å². The van der Waals surface area contributed by atoms with E-state index in [2.05, 4.69) is 10.6 Å². The topological polar surface area (TPSA) is 78.4 Å². The molecule has 1 heterocycles. The zero-order valence-electron chi connectivity index (χ0n) is 11.6. The van der Waals surface area contributed by atoms with Gasteiger partial charge in [0.1, 0.15) is 0 Å². The Kier molecular flexibility index (Phi) is 4.45. The number of hydrogen-bond donors (Lipinski definition) is 3. The van der Waals surface area contributed by atoms with Gasteiger partial charge in [-0.2, -0.15) is 0 Å². The van der Waals surface area contributed by atoms with Crippen molar-refractivity contribution < 1.29 is 14.7 Å². The molecule has 2 fully saturated rings. The Morgan fingerprint density at radius 3 is 2.53 bits per heavy atom. The van der Waals surface area contributed by atoms with Crippen molar-refractivity contribution in [2.24, 2.45) is 11.3 Å². The van der Waals surface area contributed by atoms with E-state index in [-0.39, 0.29) is 24.4 Å². The first-order valence-corrected chi connectivity index (χ1v) is 7.30. The van der Waals surface area contributed by atoms with Gasteiger partial charge in [0, 0.05) is 12.6 Å². The zero-order chi connectivity index (χ0) is 13.9. The third kappa shape index (κ3) is 3.08. The van der Waals surface area contributed by atoms with Crippen molar-refractivity contribution in [1.29, 1.82) is 0 Å². The molecule has 2 unspecified atom stereocenters. The highest BCUT2D eigenvalue weighted by Crippen LogP contribution is 2.36. The van der Waals surface area contributed by atoms with E-state index in [0.29, 0.717) is 12.8 Å². The molecule has 0 radical (unpaired) electrons. The van der Waals surface area contributed by atoms with Crippen LogP contribution < -0.4 is 10.6 Å². The minimum absolute atomic E-state index is 0.00342. The Balaban J connectivity index is 1.91. The second-order valence-corrected chi connectivity index (χ2v) is 6.00. The number of nitrogens with one attached hydrogen (secondary N) is 2. The number of amides is 1. The summed E-state index contributed by atoms with van der Waals surface area (Å²) in [6, 6.07) is 0.187. The summed E-state index contributed by atoms with van der Waals surface area (Å²) >= 11 is 0. The van der Waals surface area contributed by atoms with Crippen LogP contribution in [0.25, 0.3) is 0 Å². The molecule has 5 heteroatoms. The van der Waals surface area contributed by atoms with Crippen molar-refractivity contribution in [2.75, 3.05) is 13.1 Å². The van der Waals surface area contributed by atoms with Crippen molar-refractivity contribution >= 4 is 11.9 Å². The van der Waals surface area contributed by atoms with E-state index in [1.165, 1.54) is 0 Å². The summed E-state index contributed by atoms with van der Waals surface area (Å²) in [4.78, 5) is 23.6. The van der Waals surface area contributed by atoms with Crippen molar-refractivity contribution in [1.82, 2.24) is 10.6 Å². The summed E-state index contributed by atoms with van der Waals surface area (Å²) in [7, 11) is 0. The molecular formula is C14H24N2O3. The van der Waals surface area contributed by atoms with Gasteiger partial charge in [-0.25, -0.2) is 0 Å². The minimum Gasteiger partial charge on any atom is -0.481 e. The fourth-order valence-corrected chi connectivity index (χ4v) is 3.30. The Morgan fingerprint density at radius 1 is 1.32 bits per heavy atom. The Bertz CT molecular complexity index is 351. The van der Waals surface area contributed by atoms with Crippen LogP contribution >= 0.6 is 0 Å². The molecule has 5 nitrogen and oxygen atoms in total. The summed E-state index contributed by atoms with van der Waals surface area (Å²) in [6.45, 7) is 3.15. The summed E-state index contributed by atoms with van der Waals surface area (Å²) in [5.74, 6) is -0.775. The highest BCUT2D eigenvalue weighted by atomic mass is 16.4. The van der Waals surface area contributed by atoms with Crippen LogP contribution in [0.15, 0.2) is 0 Å². The van der Waals surface area contributed by atoms with Crippen LogP contribution in [0.5, 0.6) is 0 Å². The van der Waals surface area contributed by atoms with E-state index < -0.39 is 11.4 Å². The van der Waals surface area contributed by atoms with Gasteiger partial charge < -0.3 is 15.7 Å². The molecule has 2 aliphatic rings. The van der Waals surface area contributed by atoms with Crippen LogP contribution in [-0.4, -0.2) is 36.1 Å². The van der Waals surface area contributed by atoms with Crippen LogP contribution in [0.2, 0.25) is 0 Å². The van der Waals surface area contributed by atoms with Crippen molar-refractivity contribution in [3.05, 3.63) is 0 Å². The Hall–Kier alpha value is -1.10. The van der Waals surface area contributed by atoms with E-state index in [1.54, 1.807) is 0 Å². The maximum absolute atomic E-state index is 12.1. The molecule has 1 amide bonds. The van der Waals surface area contributed by atoms with Gasteiger partial charge in [0.2, 0.25) is 5.91 Å². The second kappa shape index (κ2) is 5.90. The first-order chi connectivity index (χ1) is 9.05. The molecule has 0 bridgehead atoms. The third-order valence-electron chi connectivity index (χ3n) is 4.73. The number of hydrogen-bond acceptors (Lipinski definition) is 3. The SMILES string of the molecule is CC1NCCC1C(=O)NCC1(C(=O)O)CCCCC1. The van der Waals surface area contributed by atoms with Gasteiger partial charge in [0.05, 0.1) is 11.3 Å². The van der Waals surface area contributed by atoms with Crippen LogP contribution in [0.1, 0.15) is 45.4 Å². The fraction of sp³-hybridized carbons (Fsp3) is 0.857. The first kappa shape index (κ1) is 14.3. The van der Waals surface area contributed by atoms with Crippen LogP contribution in [0.3, 0.4) is 0 Å². The van der Waals surface area contributed by atoms with Gasteiger partial charge >= 0.3 is 5.97 Å². The Labute approximate surface area is 114 Å². The molecule has 0 aromatic carbocycles. The molecule has 3 N–H and O–H groups in total. The fourth-order valence-electron chi connectivity index (χ4n) is 3.30. The highest BCUT2D eigenvalue weighted by molar-refractivity contribution is 5.81. The summed E-state index contributed by atoms with van der Waals surface area (Å²) in [5.41, 5.74) is -0.733. The van der Waals surface area contributed by atoms with E-state index in [1.807, 2.05) is 6.92 Å². The normalized spacial score (nSPS) is 29.9. The number of carboxylic acids is 1. The molecule has 1 saturated heterocycles. The molecule has 1 aliphatic heterocycles. The monoisotopic (exact) mass is 268 g/mol. The van der Waals surface area contributed by atoms with Gasteiger partial charge in [-0.1, -0.05) is 19.3 Å². The molecule has 2 atom stereocenters. The molecule has 2 rings (SSSR count). The molecular weight excluding hydrogens is 244 g/mol. The van der Waals surface area contributed by atoms with Crippen LogP contribution in [-0.2, 0) is 9.59 Å². The molecule has 19 heavy (non-hydrogen) atoms. The van der Waals surface area contributed by atoms with Crippen molar-refractivity contribution in [3.63, 3.8) is 0 Å². The summed E-state index contributed by atoms with van der Waals surface area (Å²) in [6.07, 6.45) is 5.20. The molecule has 0 aromatic heterocycles. The second-order valence-electron chi connectivity index (χ2n) is 6.00.